The third kappa shape index (κ3) is 3.49. The molecule has 0 aliphatic heterocycles. The number of nitrogens with zero attached hydrogens (tertiary/aromatic N) is 1. The smallest absolute Gasteiger partial charge is 0.240 e. The van der Waals surface area contributed by atoms with Gasteiger partial charge in [0.05, 0.1) is 5.02 Å². The van der Waals surface area contributed by atoms with Crippen LogP contribution in [-0.4, -0.2) is 11.5 Å². The SMILES string of the molecule is CCNc1nc(Oc2cc(F)cc(F)c2)c(Cl)cc1Cl. The Hall–Kier alpha value is -1.59. The molecule has 0 aliphatic carbocycles. The fourth-order valence-electron chi connectivity index (χ4n) is 1.51. The maximum atomic E-state index is 13.1. The first-order valence-electron chi connectivity index (χ1n) is 5.73. The highest BCUT2D eigenvalue weighted by Gasteiger charge is 2.12. The second kappa shape index (κ2) is 6.24. The van der Waals surface area contributed by atoms with Crippen LogP contribution in [0.5, 0.6) is 11.6 Å². The largest absolute Gasteiger partial charge is 0.437 e. The van der Waals surface area contributed by atoms with Gasteiger partial charge in [-0.25, -0.2) is 8.78 Å². The molecule has 1 N–H and O–H groups in total. The third-order valence-electron chi connectivity index (χ3n) is 2.29. The van der Waals surface area contributed by atoms with Gasteiger partial charge in [-0.15, -0.1) is 0 Å². The number of benzene rings is 1. The van der Waals surface area contributed by atoms with Crippen molar-refractivity contribution in [3.8, 4) is 11.6 Å². The van der Waals surface area contributed by atoms with Crippen molar-refractivity contribution in [2.75, 3.05) is 11.9 Å². The predicted molar refractivity (Wildman–Crippen MR) is 74.9 cm³/mol. The maximum absolute atomic E-state index is 13.1. The first-order valence-corrected chi connectivity index (χ1v) is 6.49. The summed E-state index contributed by atoms with van der Waals surface area (Å²) >= 11 is 11.9. The Morgan fingerprint density at radius 3 is 2.35 bits per heavy atom. The highest BCUT2D eigenvalue weighted by Crippen LogP contribution is 2.33. The summed E-state index contributed by atoms with van der Waals surface area (Å²) in [5.74, 6) is -1.15. The Bertz CT molecular complexity index is 618. The van der Waals surface area contributed by atoms with Crippen molar-refractivity contribution in [1.29, 1.82) is 0 Å². The Balaban J connectivity index is 2.34. The van der Waals surface area contributed by atoms with Gasteiger partial charge in [0, 0.05) is 24.7 Å². The average molecular weight is 319 g/mol. The summed E-state index contributed by atoms with van der Waals surface area (Å²) in [5.41, 5.74) is 0. The van der Waals surface area contributed by atoms with Crippen LogP contribution < -0.4 is 10.1 Å². The van der Waals surface area contributed by atoms with Gasteiger partial charge in [0.25, 0.3) is 0 Å². The number of pyridine rings is 1. The Morgan fingerprint density at radius 2 is 1.75 bits per heavy atom. The van der Waals surface area contributed by atoms with Crippen molar-refractivity contribution < 1.29 is 13.5 Å². The number of rotatable bonds is 4. The molecule has 0 unspecified atom stereocenters. The van der Waals surface area contributed by atoms with E-state index >= 15 is 0 Å². The van der Waals surface area contributed by atoms with Gasteiger partial charge < -0.3 is 10.1 Å². The van der Waals surface area contributed by atoms with Crippen LogP contribution in [0.15, 0.2) is 24.3 Å². The van der Waals surface area contributed by atoms with Crippen LogP contribution in [0.25, 0.3) is 0 Å². The van der Waals surface area contributed by atoms with E-state index in [1.54, 1.807) is 0 Å². The lowest BCUT2D eigenvalue weighted by Crippen LogP contribution is -2.01. The van der Waals surface area contributed by atoms with Gasteiger partial charge in [-0.2, -0.15) is 4.98 Å². The second-order valence-electron chi connectivity index (χ2n) is 3.84. The molecule has 1 heterocycles. The molecule has 0 atom stereocenters. The zero-order valence-electron chi connectivity index (χ0n) is 10.4. The predicted octanol–water partition coefficient (Wildman–Crippen LogP) is 4.89. The molecule has 0 bridgehead atoms. The van der Waals surface area contributed by atoms with Crippen molar-refractivity contribution >= 4 is 29.0 Å². The molecular weight excluding hydrogens is 309 g/mol. The number of hydrogen-bond acceptors (Lipinski definition) is 3. The van der Waals surface area contributed by atoms with Gasteiger partial charge in [-0.05, 0) is 13.0 Å². The molecule has 20 heavy (non-hydrogen) atoms. The molecule has 106 valence electrons. The number of halogens is 4. The summed E-state index contributed by atoms with van der Waals surface area (Å²) < 4.78 is 31.5. The van der Waals surface area contributed by atoms with Crippen LogP contribution in [0, 0.1) is 11.6 Å². The molecule has 1 aromatic heterocycles. The number of anilines is 1. The first-order chi connectivity index (χ1) is 9.49. The van der Waals surface area contributed by atoms with Crippen molar-refractivity contribution in [3.63, 3.8) is 0 Å². The van der Waals surface area contributed by atoms with E-state index in [2.05, 4.69) is 10.3 Å². The van der Waals surface area contributed by atoms with Crippen LogP contribution in [0.3, 0.4) is 0 Å². The highest BCUT2D eigenvalue weighted by atomic mass is 35.5. The van der Waals surface area contributed by atoms with E-state index in [1.165, 1.54) is 6.07 Å². The number of ether oxygens (including phenoxy) is 1. The van der Waals surface area contributed by atoms with Crippen molar-refractivity contribution in [2.24, 2.45) is 0 Å². The van der Waals surface area contributed by atoms with E-state index in [0.717, 1.165) is 18.2 Å². The van der Waals surface area contributed by atoms with Gasteiger partial charge in [0.15, 0.2) is 0 Å². The Kier molecular flexibility index (Phi) is 4.62. The quantitative estimate of drug-likeness (QED) is 0.871. The van der Waals surface area contributed by atoms with E-state index in [-0.39, 0.29) is 16.7 Å². The lowest BCUT2D eigenvalue weighted by molar-refractivity contribution is 0.452. The number of hydrogen-bond donors (Lipinski definition) is 1. The van der Waals surface area contributed by atoms with E-state index in [9.17, 15) is 8.78 Å². The number of nitrogens with one attached hydrogen (secondary N) is 1. The van der Waals surface area contributed by atoms with Crippen LogP contribution in [0.1, 0.15) is 6.92 Å². The summed E-state index contributed by atoms with van der Waals surface area (Å²) in [7, 11) is 0. The molecule has 0 aliphatic rings. The summed E-state index contributed by atoms with van der Waals surface area (Å²) in [6, 6.07) is 4.25. The molecule has 2 aromatic rings. The zero-order valence-corrected chi connectivity index (χ0v) is 11.9. The van der Waals surface area contributed by atoms with Gasteiger partial charge in [-0.3, -0.25) is 0 Å². The minimum atomic E-state index is -0.753. The van der Waals surface area contributed by atoms with Crippen LogP contribution >= 0.6 is 23.2 Å². The molecule has 7 heteroatoms. The normalized spacial score (nSPS) is 10.4. The molecule has 2 rings (SSSR count). The fourth-order valence-corrected chi connectivity index (χ4v) is 1.98. The summed E-state index contributed by atoms with van der Waals surface area (Å²) in [6.45, 7) is 2.47. The van der Waals surface area contributed by atoms with Gasteiger partial charge in [-0.1, -0.05) is 23.2 Å². The standard InChI is InChI=1S/C13H10Cl2F2N2O/c1-2-18-12-10(14)6-11(15)13(19-12)20-9-4-7(16)3-8(17)5-9/h3-6H,2H2,1H3,(H,18,19). The lowest BCUT2D eigenvalue weighted by atomic mass is 10.3. The highest BCUT2D eigenvalue weighted by molar-refractivity contribution is 6.36. The van der Waals surface area contributed by atoms with E-state index in [1.807, 2.05) is 6.92 Å². The van der Waals surface area contributed by atoms with Crippen molar-refractivity contribution in [2.45, 2.75) is 6.92 Å². The van der Waals surface area contributed by atoms with Gasteiger partial charge in [0.1, 0.15) is 28.2 Å². The molecule has 3 nitrogen and oxygen atoms in total. The minimum Gasteiger partial charge on any atom is -0.437 e. The number of aromatic nitrogens is 1. The first kappa shape index (κ1) is 14.8. The average Bonchev–Trinajstić information content (AvgIpc) is 2.34. The minimum absolute atomic E-state index is 0.0111. The van der Waals surface area contributed by atoms with E-state index < -0.39 is 11.6 Å². The van der Waals surface area contributed by atoms with Crippen LogP contribution in [0.4, 0.5) is 14.6 Å². The summed E-state index contributed by atoms with van der Waals surface area (Å²) in [6.07, 6.45) is 0. The molecule has 0 radical (unpaired) electrons. The maximum Gasteiger partial charge on any atom is 0.240 e. The zero-order chi connectivity index (χ0) is 14.7. The van der Waals surface area contributed by atoms with E-state index in [0.29, 0.717) is 17.4 Å². The van der Waals surface area contributed by atoms with Crippen molar-refractivity contribution in [3.05, 3.63) is 45.9 Å². The molecule has 0 saturated carbocycles. The molecule has 0 saturated heterocycles. The summed E-state index contributed by atoms with van der Waals surface area (Å²) in [4.78, 5) is 4.07. The molecular formula is C13H10Cl2F2N2O. The lowest BCUT2D eigenvalue weighted by Gasteiger charge is -2.11. The molecule has 0 amide bonds. The van der Waals surface area contributed by atoms with Crippen LogP contribution in [0.2, 0.25) is 10.0 Å². The monoisotopic (exact) mass is 318 g/mol. The molecule has 0 spiro atoms. The van der Waals surface area contributed by atoms with Crippen molar-refractivity contribution in [1.82, 2.24) is 4.98 Å². The van der Waals surface area contributed by atoms with Gasteiger partial charge >= 0.3 is 0 Å². The molecule has 1 aromatic carbocycles. The topological polar surface area (TPSA) is 34.2 Å². The Labute approximate surface area is 124 Å². The van der Waals surface area contributed by atoms with Crippen LogP contribution in [-0.2, 0) is 0 Å². The molecule has 0 fully saturated rings. The third-order valence-corrected chi connectivity index (χ3v) is 2.85. The second-order valence-corrected chi connectivity index (χ2v) is 4.66. The Morgan fingerprint density at radius 1 is 1.10 bits per heavy atom. The van der Waals surface area contributed by atoms with Gasteiger partial charge in [0.2, 0.25) is 5.88 Å². The summed E-state index contributed by atoms with van der Waals surface area (Å²) in [5, 5.41) is 3.39. The van der Waals surface area contributed by atoms with E-state index in [4.69, 9.17) is 27.9 Å². The fraction of sp³-hybridized carbons (Fsp3) is 0.154.